The van der Waals surface area contributed by atoms with Gasteiger partial charge >= 0.3 is 6.01 Å². The maximum Gasteiger partial charge on any atom is 0.320 e. The van der Waals surface area contributed by atoms with Crippen molar-refractivity contribution in [3.63, 3.8) is 0 Å². The van der Waals surface area contributed by atoms with Crippen LogP contribution in [0.4, 0.5) is 5.69 Å². The zero-order chi connectivity index (χ0) is 21.7. The van der Waals surface area contributed by atoms with Gasteiger partial charge in [0, 0.05) is 27.7 Å². The van der Waals surface area contributed by atoms with Crippen LogP contribution in [0.15, 0.2) is 40.9 Å². The van der Waals surface area contributed by atoms with E-state index in [4.69, 9.17) is 9.72 Å². The van der Waals surface area contributed by atoms with Gasteiger partial charge in [0.25, 0.3) is 0 Å². The number of fused-ring (bicyclic) bond motifs is 3. The molecule has 2 fully saturated rings. The van der Waals surface area contributed by atoms with Crippen LogP contribution in [-0.2, 0) is 13.0 Å². The fourth-order valence-corrected chi connectivity index (χ4v) is 6.44. The molecule has 0 atom stereocenters. The summed E-state index contributed by atoms with van der Waals surface area (Å²) in [6, 6.07) is 13.0. The van der Waals surface area contributed by atoms with Gasteiger partial charge in [0.05, 0.1) is 17.8 Å². The molecular weight excluding hydrogens is 468 g/mol. The molecule has 166 valence electrons. The van der Waals surface area contributed by atoms with E-state index in [0.29, 0.717) is 25.6 Å². The van der Waals surface area contributed by atoms with E-state index in [2.05, 4.69) is 67.1 Å². The highest BCUT2D eigenvalue weighted by atomic mass is 79.9. The van der Waals surface area contributed by atoms with Gasteiger partial charge in [-0.05, 0) is 62.7 Å². The van der Waals surface area contributed by atoms with Crippen molar-refractivity contribution in [2.45, 2.75) is 44.2 Å². The number of ether oxygens (including phenoxy) is 1. The molecule has 1 aromatic heterocycles. The summed E-state index contributed by atoms with van der Waals surface area (Å²) in [5.41, 5.74) is 3.01. The number of aromatic nitrogens is 2. The predicted molar refractivity (Wildman–Crippen MR) is 128 cm³/mol. The van der Waals surface area contributed by atoms with Gasteiger partial charge in [-0.1, -0.05) is 40.2 Å². The van der Waals surface area contributed by atoms with Crippen molar-refractivity contribution in [1.82, 2.24) is 14.9 Å². The Kier molecular flexibility index (Phi) is 4.99. The number of rotatable bonds is 4. The molecule has 0 saturated carbocycles. The molecule has 3 aromatic rings. The fraction of sp³-hybridized carbons (Fsp3) is 0.440. The van der Waals surface area contributed by atoms with Crippen LogP contribution in [0, 0.1) is 0 Å². The number of hydrogen-bond acceptors (Lipinski definition) is 6. The summed E-state index contributed by atoms with van der Waals surface area (Å²) >= 11 is 3.73. The molecule has 3 aliphatic heterocycles. The van der Waals surface area contributed by atoms with Gasteiger partial charge in [-0.25, -0.2) is 0 Å². The summed E-state index contributed by atoms with van der Waals surface area (Å²) in [6.45, 7) is 4.36. The topological polar surface area (TPSA) is 61.7 Å². The maximum absolute atomic E-state index is 10.6. The minimum absolute atomic E-state index is 0.0657. The Morgan fingerprint density at radius 2 is 1.81 bits per heavy atom. The Morgan fingerprint density at radius 1 is 1.03 bits per heavy atom. The van der Waals surface area contributed by atoms with Crippen molar-refractivity contribution in [3.05, 3.63) is 52.1 Å². The van der Waals surface area contributed by atoms with Crippen molar-refractivity contribution in [2.24, 2.45) is 0 Å². The number of nitrogens with zero attached hydrogens (tertiary/aromatic N) is 4. The Bertz CT molecular complexity index is 1170. The van der Waals surface area contributed by atoms with Crippen molar-refractivity contribution >= 4 is 32.4 Å². The Balaban J connectivity index is 1.28. The first-order valence-electron chi connectivity index (χ1n) is 11.5. The molecule has 0 spiro atoms. The lowest BCUT2D eigenvalue weighted by atomic mass is 9.95. The number of anilines is 1. The zero-order valence-corrected chi connectivity index (χ0v) is 19.6. The van der Waals surface area contributed by atoms with Crippen molar-refractivity contribution in [2.75, 3.05) is 31.1 Å². The van der Waals surface area contributed by atoms with Crippen molar-refractivity contribution in [3.8, 4) is 11.9 Å². The molecule has 0 radical (unpaired) electrons. The smallest absolute Gasteiger partial charge is 0.320 e. The van der Waals surface area contributed by atoms with Gasteiger partial charge in [0.15, 0.2) is 0 Å². The molecule has 3 aliphatic rings. The highest BCUT2D eigenvalue weighted by molar-refractivity contribution is 9.10. The minimum Gasteiger partial charge on any atom is -0.493 e. The second-order valence-corrected chi connectivity index (χ2v) is 10.1. The van der Waals surface area contributed by atoms with Crippen LogP contribution in [0.25, 0.3) is 10.8 Å². The van der Waals surface area contributed by atoms with Crippen LogP contribution in [0.3, 0.4) is 0 Å². The third-order valence-corrected chi connectivity index (χ3v) is 8.14. The quantitative estimate of drug-likeness (QED) is 0.568. The Hall–Kier alpha value is -2.38. The normalized spacial score (nSPS) is 19.8. The molecule has 1 N–H and O–H groups in total. The summed E-state index contributed by atoms with van der Waals surface area (Å²) in [7, 11) is 0. The third kappa shape index (κ3) is 3.33. The van der Waals surface area contributed by atoms with E-state index in [-0.39, 0.29) is 11.4 Å². The van der Waals surface area contributed by atoms with E-state index in [1.54, 1.807) is 0 Å². The van der Waals surface area contributed by atoms with Gasteiger partial charge in [0.1, 0.15) is 6.61 Å². The molecular formula is C25H27BrN4O2. The predicted octanol–water partition coefficient (Wildman–Crippen LogP) is 4.67. The lowest BCUT2D eigenvalue weighted by Crippen LogP contribution is -2.43. The van der Waals surface area contributed by atoms with E-state index < -0.39 is 0 Å². The van der Waals surface area contributed by atoms with E-state index in [9.17, 15) is 5.11 Å². The van der Waals surface area contributed by atoms with Crippen LogP contribution in [0.2, 0.25) is 0 Å². The highest BCUT2D eigenvalue weighted by Crippen LogP contribution is 2.40. The van der Waals surface area contributed by atoms with E-state index in [0.717, 1.165) is 35.4 Å². The standard InChI is InChI=1S/C25H27BrN4O2/c26-19-7-1-5-17-6-2-8-21(22(17)19)29-14-9-18-20(15-29)27-24(28-23(18)31)32-16-25-10-3-12-30(25)13-4-11-25/h1-2,5-8H,3-4,9-16H2,(H,27,28,31). The molecule has 2 saturated heterocycles. The van der Waals surface area contributed by atoms with Gasteiger partial charge in [-0.2, -0.15) is 9.97 Å². The van der Waals surface area contributed by atoms with Gasteiger partial charge in [0.2, 0.25) is 5.88 Å². The summed E-state index contributed by atoms with van der Waals surface area (Å²) in [6.07, 6.45) is 5.52. The van der Waals surface area contributed by atoms with Crippen molar-refractivity contribution in [1.29, 1.82) is 0 Å². The van der Waals surface area contributed by atoms with E-state index >= 15 is 0 Å². The van der Waals surface area contributed by atoms with E-state index in [1.807, 2.05) is 0 Å². The Labute approximate surface area is 196 Å². The first-order valence-corrected chi connectivity index (χ1v) is 12.3. The van der Waals surface area contributed by atoms with Gasteiger partial charge in [-0.3, -0.25) is 4.90 Å². The molecule has 7 heteroatoms. The van der Waals surface area contributed by atoms with Crippen LogP contribution in [0.5, 0.6) is 11.9 Å². The molecule has 32 heavy (non-hydrogen) atoms. The maximum atomic E-state index is 10.6. The van der Waals surface area contributed by atoms with Crippen LogP contribution < -0.4 is 9.64 Å². The largest absolute Gasteiger partial charge is 0.493 e. The average molecular weight is 495 g/mol. The summed E-state index contributed by atoms with van der Waals surface area (Å²) < 4.78 is 7.21. The summed E-state index contributed by atoms with van der Waals surface area (Å²) in [4.78, 5) is 14.0. The molecule has 0 aliphatic carbocycles. The molecule has 6 rings (SSSR count). The fourth-order valence-electron chi connectivity index (χ4n) is 5.86. The second-order valence-electron chi connectivity index (χ2n) is 9.25. The molecule has 0 bridgehead atoms. The Morgan fingerprint density at radius 3 is 2.62 bits per heavy atom. The SMILES string of the molecule is Oc1nc(OCC23CCCN2CCC3)nc2c1CCN(c1cccc3cccc(Br)c13)C2. The highest BCUT2D eigenvalue weighted by Gasteiger charge is 2.45. The molecule has 4 heterocycles. The average Bonchev–Trinajstić information content (AvgIpc) is 3.38. The molecule has 6 nitrogen and oxygen atoms in total. The summed E-state index contributed by atoms with van der Waals surface area (Å²) in [5, 5.41) is 13.0. The molecule has 0 amide bonds. The molecule has 0 unspecified atom stereocenters. The van der Waals surface area contributed by atoms with Gasteiger partial charge in [-0.15, -0.1) is 0 Å². The first kappa shape index (κ1) is 20.2. The first-order chi connectivity index (χ1) is 15.6. The monoisotopic (exact) mass is 494 g/mol. The zero-order valence-electron chi connectivity index (χ0n) is 18.1. The number of halogens is 1. The van der Waals surface area contributed by atoms with Crippen LogP contribution >= 0.6 is 15.9 Å². The molecule has 2 aromatic carbocycles. The summed E-state index contributed by atoms with van der Waals surface area (Å²) in [5.74, 6) is 0.0657. The second kappa shape index (κ2) is 7.89. The van der Waals surface area contributed by atoms with Crippen LogP contribution in [0.1, 0.15) is 36.9 Å². The number of hydrogen-bond donors (Lipinski definition) is 1. The third-order valence-electron chi connectivity index (χ3n) is 7.48. The number of aromatic hydroxyl groups is 1. The minimum atomic E-state index is 0.0657. The van der Waals surface area contributed by atoms with Gasteiger partial charge < -0.3 is 14.7 Å². The lowest BCUT2D eigenvalue weighted by Gasteiger charge is -2.32. The number of benzene rings is 2. The van der Waals surface area contributed by atoms with E-state index in [1.165, 1.54) is 42.1 Å². The van der Waals surface area contributed by atoms with Crippen LogP contribution in [-0.4, -0.2) is 51.8 Å². The lowest BCUT2D eigenvalue weighted by molar-refractivity contribution is 0.106. The van der Waals surface area contributed by atoms with Crippen molar-refractivity contribution < 1.29 is 9.84 Å².